The molecular formula is C19H25N3OS2. The fourth-order valence-corrected chi connectivity index (χ4v) is 6.63. The van der Waals surface area contributed by atoms with Gasteiger partial charge in [-0.05, 0) is 50.0 Å². The Morgan fingerprint density at radius 1 is 1.24 bits per heavy atom. The first-order valence-corrected chi connectivity index (χ1v) is 11.0. The van der Waals surface area contributed by atoms with Gasteiger partial charge in [0.1, 0.15) is 15.7 Å². The first kappa shape index (κ1) is 17.3. The average molecular weight is 376 g/mol. The Morgan fingerprint density at radius 3 is 2.76 bits per heavy atom. The number of likely N-dealkylation sites (tertiary alicyclic amines) is 1. The van der Waals surface area contributed by atoms with Crippen molar-refractivity contribution in [3.63, 3.8) is 0 Å². The highest BCUT2D eigenvalue weighted by Gasteiger charge is 2.26. The number of aromatic nitrogens is 2. The smallest absolute Gasteiger partial charge is 0.233 e. The topological polar surface area (TPSA) is 46.1 Å². The molecule has 2 aromatic rings. The van der Waals surface area contributed by atoms with Gasteiger partial charge < -0.3 is 4.90 Å². The second-order valence-corrected chi connectivity index (χ2v) is 9.69. The Bertz CT molecular complexity index is 807. The molecule has 0 spiro atoms. The highest BCUT2D eigenvalue weighted by Crippen LogP contribution is 2.40. The summed E-state index contributed by atoms with van der Waals surface area (Å²) in [5.41, 5.74) is 1.44. The number of thioether (sulfide) groups is 1. The SMILES string of the molecule is Cc1nc(SCC(=O)N2CC(C)CC(C)C2)c2c3c(sc2n1)CCC3. The lowest BCUT2D eigenvalue weighted by Gasteiger charge is -2.35. The van der Waals surface area contributed by atoms with Crippen molar-refractivity contribution in [3.05, 3.63) is 16.3 Å². The van der Waals surface area contributed by atoms with Crippen molar-refractivity contribution < 1.29 is 4.79 Å². The van der Waals surface area contributed by atoms with Gasteiger partial charge in [0.2, 0.25) is 5.91 Å². The maximum Gasteiger partial charge on any atom is 0.233 e. The van der Waals surface area contributed by atoms with Crippen LogP contribution in [0.5, 0.6) is 0 Å². The molecule has 0 N–H and O–H groups in total. The van der Waals surface area contributed by atoms with Crippen LogP contribution in [0.15, 0.2) is 5.03 Å². The molecule has 25 heavy (non-hydrogen) atoms. The van der Waals surface area contributed by atoms with Crippen molar-refractivity contribution in [2.75, 3.05) is 18.8 Å². The van der Waals surface area contributed by atoms with E-state index in [1.165, 1.54) is 35.1 Å². The first-order chi connectivity index (χ1) is 12.0. The molecule has 1 aliphatic heterocycles. The van der Waals surface area contributed by atoms with E-state index >= 15 is 0 Å². The van der Waals surface area contributed by atoms with Gasteiger partial charge >= 0.3 is 0 Å². The monoisotopic (exact) mass is 375 g/mol. The van der Waals surface area contributed by atoms with Crippen LogP contribution in [-0.4, -0.2) is 39.6 Å². The number of piperidine rings is 1. The summed E-state index contributed by atoms with van der Waals surface area (Å²) >= 11 is 3.42. The predicted octanol–water partition coefficient (Wildman–Crippen LogP) is 4.09. The highest BCUT2D eigenvalue weighted by atomic mass is 32.2. The Labute approximate surface area is 157 Å². The fraction of sp³-hybridized carbons (Fsp3) is 0.632. The van der Waals surface area contributed by atoms with Crippen LogP contribution < -0.4 is 0 Å². The Morgan fingerprint density at radius 2 is 2.00 bits per heavy atom. The number of hydrogen-bond donors (Lipinski definition) is 0. The lowest BCUT2D eigenvalue weighted by atomic mass is 9.92. The molecule has 1 saturated heterocycles. The van der Waals surface area contributed by atoms with Gasteiger partial charge in [-0.1, -0.05) is 25.6 Å². The summed E-state index contributed by atoms with van der Waals surface area (Å²) in [6.45, 7) is 8.24. The summed E-state index contributed by atoms with van der Waals surface area (Å²) < 4.78 is 0. The van der Waals surface area contributed by atoms with Gasteiger partial charge in [0.05, 0.1) is 5.75 Å². The summed E-state index contributed by atoms with van der Waals surface area (Å²) in [4.78, 5) is 26.7. The maximum atomic E-state index is 12.7. The van der Waals surface area contributed by atoms with Crippen LogP contribution in [-0.2, 0) is 17.6 Å². The third-order valence-electron chi connectivity index (χ3n) is 5.20. The molecule has 1 fully saturated rings. The van der Waals surface area contributed by atoms with Crippen LogP contribution in [0.3, 0.4) is 0 Å². The van der Waals surface area contributed by atoms with E-state index in [1.807, 2.05) is 18.3 Å². The third-order valence-corrected chi connectivity index (χ3v) is 7.34. The quantitative estimate of drug-likeness (QED) is 0.599. The minimum Gasteiger partial charge on any atom is -0.341 e. The fourth-order valence-electron chi connectivity index (χ4n) is 4.26. The second-order valence-electron chi connectivity index (χ2n) is 7.65. The maximum absolute atomic E-state index is 12.7. The van der Waals surface area contributed by atoms with Gasteiger partial charge in [0.25, 0.3) is 0 Å². The molecule has 2 aliphatic rings. The van der Waals surface area contributed by atoms with Crippen LogP contribution >= 0.6 is 23.1 Å². The highest BCUT2D eigenvalue weighted by molar-refractivity contribution is 8.00. The number of aryl methyl sites for hydroxylation is 3. The van der Waals surface area contributed by atoms with Gasteiger partial charge in [-0.25, -0.2) is 9.97 Å². The zero-order chi connectivity index (χ0) is 17.6. The van der Waals surface area contributed by atoms with Crippen molar-refractivity contribution in [2.24, 2.45) is 11.8 Å². The van der Waals surface area contributed by atoms with Crippen molar-refractivity contribution in [2.45, 2.75) is 51.5 Å². The molecular weight excluding hydrogens is 350 g/mol. The molecule has 2 atom stereocenters. The molecule has 2 aromatic heterocycles. The average Bonchev–Trinajstić information content (AvgIpc) is 3.11. The number of rotatable bonds is 3. The molecule has 134 valence electrons. The molecule has 2 unspecified atom stereocenters. The molecule has 0 radical (unpaired) electrons. The zero-order valence-electron chi connectivity index (χ0n) is 15.2. The molecule has 3 heterocycles. The van der Waals surface area contributed by atoms with Gasteiger partial charge in [0, 0.05) is 23.4 Å². The molecule has 4 nitrogen and oxygen atoms in total. The molecule has 1 amide bonds. The van der Waals surface area contributed by atoms with Crippen molar-refractivity contribution in [1.29, 1.82) is 0 Å². The number of amides is 1. The van der Waals surface area contributed by atoms with E-state index in [9.17, 15) is 4.79 Å². The molecule has 1 aliphatic carbocycles. The number of carbonyl (C=O) groups excluding carboxylic acids is 1. The number of carbonyl (C=O) groups is 1. The van der Waals surface area contributed by atoms with Gasteiger partial charge in [0.15, 0.2) is 0 Å². The van der Waals surface area contributed by atoms with Crippen molar-refractivity contribution >= 4 is 39.2 Å². The van der Waals surface area contributed by atoms with Crippen molar-refractivity contribution in [3.8, 4) is 0 Å². The standard InChI is InChI=1S/C19H25N3OS2/c1-11-7-12(2)9-22(8-11)16(23)10-24-18-17-14-5-4-6-15(14)25-19(17)21-13(3)20-18/h11-12H,4-10H2,1-3H3. The Balaban J connectivity index is 1.54. The van der Waals surface area contributed by atoms with E-state index in [0.717, 1.165) is 35.2 Å². The van der Waals surface area contributed by atoms with Crippen LogP contribution in [0.25, 0.3) is 10.2 Å². The van der Waals surface area contributed by atoms with Crippen LogP contribution in [0.1, 0.15) is 43.0 Å². The van der Waals surface area contributed by atoms with Gasteiger partial charge in [-0.2, -0.15) is 0 Å². The number of hydrogen-bond acceptors (Lipinski definition) is 5. The Hall–Kier alpha value is -1.14. The summed E-state index contributed by atoms with van der Waals surface area (Å²) in [6, 6.07) is 0. The zero-order valence-corrected chi connectivity index (χ0v) is 16.8. The predicted molar refractivity (Wildman–Crippen MR) is 104 cm³/mol. The lowest BCUT2D eigenvalue weighted by molar-refractivity contribution is -0.130. The Kier molecular flexibility index (Phi) is 4.75. The minimum absolute atomic E-state index is 0.250. The van der Waals surface area contributed by atoms with Gasteiger partial charge in [-0.3, -0.25) is 4.79 Å². The number of thiophene rings is 1. The van der Waals surface area contributed by atoms with Crippen LogP contribution in [0.4, 0.5) is 0 Å². The van der Waals surface area contributed by atoms with Gasteiger partial charge in [-0.15, -0.1) is 11.3 Å². The molecule has 4 rings (SSSR count). The summed E-state index contributed by atoms with van der Waals surface area (Å²) in [5.74, 6) is 2.74. The van der Waals surface area contributed by atoms with Crippen LogP contribution in [0.2, 0.25) is 0 Å². The normalized spacial score (nSPS) is 23.2. The largest absolute Gasteiger partial charge is 0.341 e. The van der Waals surface area contributed by atoms with E-state index < -0.39 is 0 Å². The number of nitrogens with zero attached hydrogens (tertiary/aromatic N) is 3. The summed E-state index contributed by atoms with van der Waals surface area (Å²) in [5, 5.41) is 2.23. The summed E-state index contributed by atoms with van der Waals surface area (Å²) in [6.07, 6.45) is 4.76. The minimum atomic E-state index is 0.250. The van der Waals surface area contributed by atoms with E-state index in [1.54, 1.807) is 11.8 Å². The lowest BCUT2D eigenvalue weighted by Crippen LogP contribution is -2.43. The van der Waals surface area contributed by atoms with Crippen LogP contribution in [0, 0.1) is 18.8 Å². The molecule has 6 heteroatoms. The molecule has 0 saturated carbocycles. The molecule has 0 aromatic carbocycles. The molecule has 0 bridgehead atoms. The first-order valence-electron chi connectivity index (χ1n) is 9.20. The van der Waals surface area contributed by atoms with E-state index in [2.05, 4.69) is 28.7 Å². The number of fused-ring (bicyclic) bond motifs is 3. The van der Waals surface area contributed by atoms with E-state index in [0.29, 0.717) is 17.6 Å². The second kappa shape index (κ2) is 6.88. The summed E-state index contributed by atoms with van der Waals surface area (Å²) in [7, 11) is 0. The van der Waals surface area contributed by atoms with E-state index in [-0.39, 0.29) is 5.91 Å². The third kappa shape index (κ3) is 3.43. The van der Waals surface area contributed by atoms with Crippen molar-refractivity contribution in [1.82, 2.24) is 14.9 Å². The van der Waals surface area contributed by atoms with E-state index in [4.69, 9.17) is 0 Å².